The molecule has 1 aromatic rings. The summed E-state index contributed by atoms with van der Waals surface area (Å²) in [5.41, 5.74) is 0. The standard InChI is InChI=1S/C10H11BrO4/c1-6(10(12)13)15-9-4-3-7(14-2)5-8(9)11/h3-6H,1-2H3,(H,12,13). The molecule has 1 N–H and O–H groups in total. The molecule has 1 unspecified atom stereocenters. The van der Waals surface area contributed by atoms with Crippen molar-refractivity contribution in [3.63, 3.8) is 0 Å². The third-order valence-corrected chi connectivity index (χ3v) is 2.41. The largest absolute Gasteiger partial charge is 0.497 e. The van der Waals surface area contributed by atoms with Gasteiger partial charge in [-0.05, 0) is 41.1 Å². The van der Waals surface area contributed by atoms with Gasteiger partial charge in [0.1, 0.15) is 11.5 Å². The number of methoxy groups -OCH3 is 1. The molecule has 1 atom stereocenters. The first kappa shape index (κ1) is 11.8. The minimum absolute atomic E-state index is 0.478. The average molecular weight is 275 g/mol. The maximum Gasteiger partial charge on any atom is 0.344 e. The van der Waals surface area contributed by atoms with Crippen molar-refractivity contribution in [2.45, 2.75) is 13.0 Å². The molecule has 0 fully saturated rings. The quantitative estimate of drug-likeness (QED) is 0.916. The molecule has 1 aromatic carbocycles. The van der Waals surface area contributed by atoms with Crippen molar-refractivity contribution < 1.29 is 19.4 Å². The molecule has 0 radical (unpaired) electrons. The summed E-state index contributed by atoms with van der Waals surface area (Å²) >= 11 is 3.27. The van der Waals surface area contributed by atoms with Crippen LogP contribution in [0.25, 0.3) is 0 Å². The van der Waals surface area contributed by atoms with Crippen LogP contribution in [0.1, 0.15) is 6.92 Å². The van der Waals surface area contributed by atoms with Crippen LogP contribution in [0.5, 0.6) is 11.5 Å². The van der Waals surface area contributed by atoms with Crippen LogP contribution in [0.2, 0.25) is 0 Å². The monoisotopic (exact) mass is 274 g/mol. The molecule has 0 aliphatic heterocycles. The van der Waals surface area contributed by atoms with Crippen molar-refractivity contribution in [1.29, 1.82) is 0 Å². The van der Waals surface area contributed by atoms with Crippen molar-refractivity contribution in [1.82, 2.24) is 0 Å². The Kier molecular flexibility index (Phi) is 3.96. The van der Waals surface area contributed by atoms with E-state index in [1.165, 1.54) is 6.92 Å². The molecule has 1 rings (SSSR count). The van der Waals surface area contributed by atoms with Crippen LogP contribution in [0.4, 0.5) is 0 Å². The van der Waals surface area contributed by atoms with Crippen LogP contribution in [-0.4, -0.2) is 24.3 Å². The Morgan fingerprint density at radius 1 is 1.53 bits per heavy atom. The highest BCUT2D eigenvalue weighted by Crippen LogP contribution is 2.29. The van der Waals surface area contributed by atoms with Crippen molar-refractivity contribution in [3.8, 4) is 11.5 Å². The molecule has 5 heteroatoms. The van der Waals surface area contributed by atoms with E-state index in [-0.39, 0.29) is 0 Å². The van der Waals surface area contributed by atoms with Gasteiger partial charge in [-0.1, -0.05) is 0 Å². The normalized spacial score (nSPS) is 11.9. The van der Waals surface area contributed by atoms with Gasteiger partial charge in [0.2, 0.25) is 0 Å². The number of carbonyl (C=O) groups is 1. The van der Waals surface area contributed by atoms with Gasteiger partial charge in [0.15, 0.2) is 6.10 Å². The molecule has 0 saturated carbocycles. The first-order valence-corrected chi connectivity index (χ1v) is 5.07. The van der Waals surface area contributed by atoms with Crippen LogP contribution in [-0.2, 0) is 4.79 Å². The highest BCUT2D eigenvalue weighted by molar-refractivity contribution is 9.10. The number of hydrogen-bond acceptors (Lipinski definition) is 3. The predicted octanol–water partition coefficient (Wildman–Crippen LogP) is 2.31. The highest BCUT2D eigenvalue weighted by Gasteiger charge is 2.14. The zero-order valence-corrected chi connectivity index (χ0v) is 9.95. The summed E-state index contributed by atoms with van der Waals surface area (Å²) in [5, 5.41) is 8.67. The number of ether oxygens (including phenoxy) is 2. The van der Waals surface area contributed by atoms with Crippen LogP contribution in [0.3, 0.4) is 0 Å². The van der Waals surface area contributed by atoms with E-state index in [1.807, 2.05) is 0 Å². The number of benzene rings is 1. The molecule has 0 aromatic heterocycles. The number of halogens is 1. The fraction of sp³-hybridized carbons (Fsp3) is 0.300. The molecular formula is C10H11BrO4. The third kappa shape index (κ3) is 3.13. The minimum atomic E-state index is -1.00. The molecular weight excluding hydrogens is 264 g/mol. The Morgan fingerprint density at radius 3 is 2.67 bits per heavy atom. The van der Waals surface area contributed by atoms with E-state index in [4.69, 9.17) is 14.6 Å². The lowest BCUT2D eigenvalue weighted by atomic mass is 10.3. The summed E-state index contributed by atoms with van der Waals surface area (Å²) in [5.74, 6) is 0.153. The number of rotatable bonds is 4. The second-order valence-electron chi connectivity index (χ2n) is 2.89. The van der Waals surface area contributed by atoms with E-state index in [1.54, 1.807) is 25.3 Å². The van der Waals surface area contributed by atoms with E-state index < -0.39 is 12.1 Å². The molecule has 0 spiro atoms. The second kappa shape index (κ2) is 5.02. The lowest BCUT2D eigenvalue weighted by Gasteiger charge is -2.12. The van der Waals surface area contributed by atoms with E-state index >= 15 is 0 Å². The first-order chi connectivity index (χ1) is 7.04. The minimum Gasteiger partial charge on any atom is -0.497 e. The van der Waals surface area contributed by atoms with Crippen LogP contribution in [0, 0.1) is 0 Å². The molecule has 0 heterocycles. The zero-order chi connectivity index (χ0) is 11.4. The van der Waals surface area contributed by atoms with Gasteiger partial charge in [-0.15, -0.1) is 0 Å². The number of carboxylic acid groups (broad SMARTS) is 1. The van der Waals surface area contributed by atoms with Gasteiger partial charge in [-0.25, -0.2) is 4.79 Å². The molecule has 4 nitrogen and oxygen atoms in total. The fourth-order valence-corrected chi connectivity index (χ4v) is 1.40. The van der Waals surface area contributed by atoms with Gasteiger partial charge in [0.05, 0.1) is 11.6 Å². The average Bonchev–Trinajstić information content (AvgIpc) is 2.20. The highest BCUT2D eigenvalue weighted by atomic mass is 79.9. The Bertz CT molecular complexity index is 364. The van der Waals surface area contributed by atoms with Gasteiger partial charge in [-0.3, -0.25) is 0 Å². The van der Waals surface area contributed by atoms with Gasteiger partial charge >= 0.3 is 5.97 Å². The summed E-state index contributed by atoms with van der Waals surface area (Å²) in [6.45, 7) is 1.47. The van der Waals surface area contributed by atoms with Gasteiger partial charge in [-0.2, -0.15) is 0 Å². The summed E-state index contributed by atoms with van der Waals surface area (Å²) in [7, 11) is 1.56. The number of carboxylic acids is 1. The first-order valence-electron chi connectivity index (χ1n) is 4.27. The third-order valence-electron chi connectivity index (χ3n) is 1.79. The van der Waals surface area contributed by atoms with E-state index in [9.17, 15) is 4.79 Å². The maximum atomic E-state index is 10.6. The van der Waals surface area contributed by atoms with E-state index in [0.717, 1.165) is 0 Å². The number of aliphatic carboxylic acids is 1. The lowest BCUT2D eigenvalue weighted by molar-refractivity contribution is -0.144. The van der Waals surface area contributed by atoms with Crippen LogP contribution < -0.4 is 9.47 Å². The zero-order valence-electron chi connectivity index (χ0n) is 8.36. The fourth-order valence-electron chi connectivity index (χ4n) is 0.945. The topological polar surface area (TPSA) is 55.8 Å². The molecule has 15 heavy (non-hydrogen) atoms. The van der Waals surface area contributed by atoms with E-state index in [0.29, 0.717) is 16.0 Å². The van der Waals surface area contributed by atoms with Gasteiger partial charge < -0.3 is 14.6 Å². The molecule has 0 amide bonds. The summed E-state index contributed by atoms with van der Waals surface area (Å²) < 4.78 is 10.9. The lowest BCUT2D eigenvalue weighted by Crippen LogP contribution is -2.22. The number of hydrogen-bond donors (Lipinski definition) is 1. The molecule has 0 saturated heterocycles. The SMILES string of the molecule is COc1ccc(OC(C)C(=O)O)c(Br)c1. The van der Waals surface area contributed by atoms with Crippen molar-refractivity contribution in [3.05, 3.63) is 22.7 Å². The molecule has 0 aliphatic carbocycles. The van der Waals surface area contributed by atoms with Crippen molar-refractivity contribution in [2.75, 3.05) is 7.11 Å². The Labute approximate surface area is 95.9 Å². The molecule has 0 bridgehead atoms. The summed E-state index contributed by atoms with van der Waals surface area (Å²) in [4.78, 5) is 10.6. The molecule has 82 valence electrons. The van der Waals surface area contributed by atoms with Crippen molar-refractivity contribution in [2.24, 2.45) is 0 Å². The van der Waals surface area contributed by atoms with Crippen LogP contribution >= 0.6 is 15.9 Å². The molecule has 0 aliphatic rings. The smallest absolute Gasteiger partial charge is 0.344 e. The Balaban J connectivity index is 2.82. The van der Waals surface area contributed by atoms with Gasteiger partial charge in [0, 0.05) is 0 Å². The van der Waals surface area contributed by atoms with Crippen LogP contribution in [0.15, 0.2) is 22.7 Å². The maximum absolute atomic E-state index is 10.6. The van der Waals surface area contributed by atoms with Crippen molar-refractivity contribution >= 4 is 21.9 Å². The summed E-state index contributed by atoms with van der Waals surface area (Å²) in [6.07, 6.45) is -0.880. The second-order valence-corrected chi connectivity index (χ2v) is 3.75. The van der Waals surface area contributed by atoms with E-state index in [2.05, 4.69) is 15.9 Å². The summed E-state index contributed by atoms with van der Waals surface area (Å²) in [6, 6.07) is 5.07. The predicted molar refractivity (Wildman–Crippen MR) is 58.4 cm³/mol. The Hall–Kier alpha value is -1.23. The van der Waals surface area contributed by atoms with Gasteiger partial charge in [0.25, 0.3) is 0 Å². The Morgan fingerprint density at radius 2 is 2.20 bits per heavy atom.